The third kappa shape index (κ3) is 2.29. The van der Waals surface area contributed by atoms with Crippen molar-refractivity contribution >= 4 is 16.8 Å². The number of rotatable bonds is 2. The molecule has 0 saturated carbocycles. The number of aryl methyl sites for hydroxylation is 1. The summed E-state index contributed by atoms with van der Waals surface area (Å²) in [6.07, 6.45) is 0. The van der Waals surface area contributed by atoms with E-state index >= 15 is 0 Å². The summed E-state index contributed by atoms with van der Waals surface area (Å²) in [5.41, 5.74) is 1.18. The molecule has 26 heavy (non-hydrogen) atoms. The number of hydrogen-bond donors (Lipinski definition) is 1. The number of aromatic nitrogens is 3. The third-order valence-corrected chi connectivity index (χ3v) is 4.73. The predicted octanol–water partition coefficient (Wildman–Crippen LogP) is 1.49. The second-order valence-corrected chi connectivity index (χ2v) is 6.48. The largest absolute Gasteiger partial charge is 0.505 e. The maximum atomic E-state index is 13.4. The number of carbonyl (C=O) groups is 1. The number of nitrogens with zero attached hydrogens (tertiary/aromatic N) is 4. The van der Waals surface area contributed by atoms with E-state index in [4.69, 9.17) is 0 Å². The lowest BCUT2D eigenvalue weighted by Gasteiger charge is -2.25. The first kappa shape index (κ1) is 16.3. The Hall–Kier alpha value is -3.16. The first-order valence-corrected chi connectivity index (χ1v) is 8.21. The minimum Gasteiger partial charge on any atom is -0.505 e. The minimum atomic E-state index is -0.510. The van der Waals surface area contributed by atoms with Gasteiger partial charge in [0.15, 0.2) is 11.4 Å². The number of aromatic hydroxyl groups is 1. The van der Waals surface area contributed by atoms with Crippen LogP contribution < -0.4 is 5.56 Å². The van der Waals surface area contributed by atoms with E-state index in [-0.39, 0.29) is 29.3 Å². The van der Waals surface area contributed by atoms with Crippen LogP contribution in [0.3, 0.4) is 0 Å². The second kappa shape index (κ2) is 5.69. The quantitative estimate of drug-likeness (QED) is 0.754. The van der Waals surface area contributed by atoms with Gasteiger partial charge in [-0.15, -0.1) is 0 Å². The van der Waals surface area contributed by atoms with E-state index in [0.29, 0.717) is 29.9 Å². The summed E-state index contributed by atoms with van der Waals surface area (Å²) in [6, 6.07) is 5.91. The molecule has 0 fully saturated rings. The lowest BCUT2D eigenvalue weighted by atomic mass is 10.2. The highest BCUT2D eigenvalue weighted by molar-refractivity contribution is 6.04. The summed E-state index contributed by atoms with van der Waals surface area (Å²) in [6.45, 7) is 2.76. The highest BCUT2D eigenvalue weighted by Crippen LogP contribution is 2.33. The molecule has 1 aromatic carbocycles. The topological polar surface area (TPSA) is 80.4 Å². The predicted molar refractivity (Wildman–Crippen MR) is 92.9 cm³/mol. The van der Waals surface area contributed by atoms with Gasteiger partial charge in [-0.05, 0) is 24.6 Å². The van der Waals surface area contributed by atoms with Crippen molar-refractivity contribution in [2.75, 3.05) is 13.6 Å². The van der Waals surface area contributed by atoms with Crippen LogP contribution in [0.15, 0.2) is 29.1 Å². The molecule has 0 saturated heterocycles. The zero-order valence-corrected chi connectivity index (χ0v) is 14.4. The number of benzene rings is 1. The van der Waals surface area contributed by atoms with Crippen molar-refractivity contribution in [1.29, 1.82) is 0 Å². The van der Waals surface area contributed by atoms with E-state index < -0.39 is 11.4 Å². The Bertz CT molecular complexity index is 1120. The molecule has 0 radical (unpaired) electrons. The normalized spacial score (nSPS) is 14.1. The van der Waals surface area contributed by atoms with Gasteiger partial charge in [-0.2, -0.15) is 5.10 Å². The molecule has 0 spiro atoms. The van der Waals surface area contributed by atoms with Crippen molar-refractivity contribution in [1.82, 2.24) is 19.2 Å². The van der Waals surface area contributed by atoms with Gasteiger partial charge in [0, 0.05) is 20.1 Å². The molecular formula is C18H17FN4O3. The van der Waals surface area contributed by atoms with Gasteiger partial charge >= 0.3 is 0 Å². The van der Waals surface area contributed by atoms with Crippen LogP contribution in [-0.4, -0.2) is 43.9 Å². The molecule has 1 N–H and O–H groups in total. The van der Waals surface area contributed by atoms with Crippen molar-refractivity contribution in [3.63, 3.8) is 0 Å². The molecule has 0 bridgehead atoms. The fourth-order valence-corrected chi connectivity index (χ4v) is 3.47. The van der Waals surface area contributed by atoms with Gasteiger partial charge < -0.3 is 14.6 Å². The fraction of sp³-hybridized carbons (Fsp3) is 0.278. The van der Waals surface area contributed by atoms with Crippen LogP contribution in [0.4, 0.5) is 4.39 Å². The zero-order chi connectivity index (χ0) is 18.6. The molecule has 2 aromatic heterocycles. The van der Waals surface area contributed by atoms with E-state index in [1.807, 2.05) is 0 Å². The number of halogens is 1. The monoisotopic (exact) mass is 356 g/mol. The maximum Gasteiger partial charge on any atom is 0.280 e. The zero-order valence-electron chi connectivity index (χ0n) is 14.4. The van der Waals surface area contributed by atoms with Crippen LogP contribution in [0.25, 0.3) is 10.9 Å². The van der Waals surface area contributed by atoms with Crippen molar-refractivity contribution in [3.05, 3.63) is 57.4 Å². The lowest BCUT2D eigenvalue weighted by Crippen LogP contribution is -2.37. The Balaban J connectivity index is 1.94. The number of amides is 1. The average molecular weight is 356 g/mol. The lowest BCUT2D eigenvalue weighted by molar-refractivity contribution is 0.0747. The number of fused-ring (bicyclic) bond motifs is 3. The van der Waals surface area contributed by atoms with Gasteiger partial charge in [0.1, 0.15) is 11.2 Å². The van der Waals surface area contributed by atoms with Crippen LogP contribution in [0.5, 0.6) is 5.75 Å². The molecule has 3 heterocycles. The SMILES string of the molecule is Cc1nn(Cc2cccc(F)c2)c(=O)c2c(O)c3n(c12)CCN(C)C3=O. The maximum absolute atomic E-state index is 13.4. The first-order chi connectivity index (χ1) is 12.4. The first-order valence-electron chi connectivity index (χ1n) is 8.21. The van der Waals surface area contributed by atoms with E-state index in [0.717, 1.165) is 0 Å². The molecule has 1 aliphatic heterocycles. The average Bonchev–Trinajstić information content (AvgIpc) is 2.90. The highest BCUT2D eigenvalue weighted by Gasteiger charge is 2.31. The van der Waals surface area contributed by atoms with Gasteiger partial charge in [0.05, 0.1) is 17.8 Å². The Labute approximate surface area is 147 Å². The van der Waals surface area contributed by atoms with Gasteiger partial charge in [0.2, 0.25) is 0 Å². The third-order valence-electron chi connectivity index (χ3n) is 4.73. The van der Waals surface area contributed by atoms with E-state index in [1.54, 1.807) is 30.7 Å². The van der Waals surface area contributed by atoms with Gasteiger partial charge in [-0.25, -0.2) is 9.07 Å². The Morgan fingerprint density at radius 1 is 1.27 bits per heavy atom. The molecule has 1 amide bonds. The standard InChI is InChI=1S/C18H17FN4O3/c1-10-14-13(16(24)15-18(26)21(2)6-7-22(14)15)17(25)23(20-10)9-11-4-3-5-12(19)8-11/h3-5,8,24H,6-7,9H2,1-2H3. The van der Waals surface area contributed by atoms with E-state index in [2.05, 4.69) is 5.10 Å². The van der Waals surface area contributed by atoms with Crippen LogP contribution in [0, 0.1) is 12.7 Å². The Kier molecular flexibility index (Phi) is 3.57. The van der Waals surface area contributed by atoms with E-state index in [9.17, 15) is 19.1 Å². The second-order valence-electron chi connectivity index (χ2n) is 6.48. The van der Waals surface area contributed by atoms with Gasteiger partial charge in [0.25, 0.3) is 11.5 Å². The van der Waals surface area contributed by atoms with Crippen LogP contribution >= 0.6 is 0 Å². The molecule has 8 heteroatoms. The number of carbonyl (C=O) groups excluding carboxylic acids is 1. The summed E-state index contributed by atoms with van der Waals surface area (Å²) >= 11 is 0. The molecule has 3 aromatic rings. The molecule has 0 atom stereocenters. The van der Waals surface area contributed by atoms with Crippen molar-refractivity contribution in [3.8, 4) is 5.75 Å². The fourth-order valence-electron chi connectivity index (χ4n) is 3.47. The van der Waals surface area contributed by atoms with Crippen molar-refractivity contribution in [2.24, 2.45) is 0 Å². The number of likely N-dealkylation sites (N-methyl/N-ethyl adjacent to an activating group) is 1. The van der Waals surface area contributed by atoms with Gasteiger partial charge in [-0.1, -0.05) is 12.1 Å². The molecule has 0 aliphatic carbocycles. The number of hydrogen-bond acceptors (Lipinski definition) is 4. The van der Waals surface area contributed by atoms with E-state index in [1.165, 1.54) is 21.7 Å². The van der Waals surface area contributed by atoms with Gasteiger partial charge in [-0.3, -0.25) is 9.59 Å². The summed E-state index contributed by atoms with van der Waals surface area (Å²) in [4.78, 5) is 26.8. The summed E-state index contributed by atoms with van der Waals surface area (Å²) in [5, 5.41) is 15.0. The van der Waals surface area contributed by atoms with Crippen molar-refractivity contribution in [2.45, 2.75) is 20.0 Å². The summed E-state index contributed by atoms with van der Waals surface area (Å²) in [7, 11) is 1.65. The van der Waals surface area contributed by atoms with Crippen LogP contribution in [0.1, 0.15) is 21.7 Å². The van der Waals surface area contributed by atoms with Crippen molar-refractivity contribution < 1.29 is 14.3 Å². The molecular weight excluding hydrogens is 339 g/mol. The molecule has 1 aliphatic rings. The molecule has 0 unspecified atom stereocenters. The van der Waals surface area contributed by atoms with Crippen LogP contribution in [0.2, 0.25) is 0 Å². The molecule has 4 rings (SSSR count). The van der Waals surface area contributed by atoms with Crippen LogP contribution in [-0.2, 0) is 13.1 Å². The Morgan fingerprint density at radius 3 is 2.77 bits per heavy atom. The summed E-state index contributed by atoms with van der Waals surface area (Å²) in [5.74, 6) is -1.05. The minimum absolute atomic E-state index is 0.0706. The highest BCUT2D eigenvalue weighted by atomic mass is 19.1. The Morgan fingerprint density at radius 2 is 2.04 bits per heavy atom. The molecule has 134 valence electrons. The molecule has 7 nitrogen and oxygen atoms in total. The smallest absolute Gasteiger partial charge is 0.280 e. The summed E-state index contributed by atoms with van der Waals surface area (Å²) < 4.78 is 16.3.